The van der Waals surface area contributed by atoms with E-state index < -0.39 is 5.41 Å². The Morgan fingerprint density at radius 1 is 1.16 bits per heavy atom. The van der Waals surface area contributed by atoms with Gasteiger partial charge in [0.1, 0.15) is 12.4 Å². The van der Waals surface area contributed by atoms with Gasteiger partial charge in [0.15, 0.2) is 0 Å². The van der Waals surface area contributed by atoms with Gasteiger partial charge in [-0.3, -0.25) is 0 Å². The maximum atomic E-state index is 12.0. The van der Waals surface area contributed by atoms with Crippen LogP contribution in [0.2, 0.25) is 0 Å². The molecule has 0 unspecified atom stereocenters. The molecule has 3 rings (SSSR count). The summed E-state index contributed by atoms with van der Waals surface area (Å²) in [5.74, 6) is 0.510. The van der Waals surface area contributed by atoms with Crippen LogP contribution in [0.5, 0.6) is 5.75 Å². The minimum Gasteiger partial charge on any atom is -0.487 e. The lowest BCUT2D eigenvalue weighted by molar-refractivity contribution is -0.204. The molecular formula is C23H30N2O5S. The Morgan fingerprint density at radius 3 is 2.45 bits per heavy atom. The zero-order chi connectivity index (χ0) is 22.4. The van der Waals surface area contributed by atoms with Crippen molar-refractivity contribution in [2.75, 3.05) is 19.7 Å². The minimum absolute atomic E-state index is 0.199. The predicted molar refractivity (Wildman–Crippen MR) is 118 cm³/mol. The number of benzene rings is 1. The van der Waals surface area contributed by atoms with Crippen LogP contribution < -0.4 is 4.74 Å². The van der Waals surface area contributed by atoms with Gasteiger partial charge in [-0.1, -0.05) is 0 Å². The molecule has 0 atom stereocenters. The molecular weight excluding hydrogens is 416 g/mol. The molecule has 168 valence electrons. The van der Waals surface area contributed by atoms with E-state index in [0.29, 0.717) is 43.5 Å². The Balaban J connectivity index is 1.47. The lowest BCUT2D eigenvalue weighted by Crippen LogP contribution is -2.38. The number of aromatic nitrogens is 1. The van der Waals surface area contributed by atoms with E-state index in [-0.39, 0.29) is 11.9 Å². The quantitative estimate of drug-likeness (QED) is 0.576. The number of thiazole rings is 1. The molecule has 7 nitrogen and oxygen atoms in total. The number of ether oxygens (including phenoxy) is 2. The normalized spacial score (nSPS) is 15.5. The van der Waals surface area contributed by atoms with Gasteiger partial charge in [-0.05, 0) is 64.8 Å². The number of hydrogen-bond acceptors (Lipinski definition) is 8. The van der Waals surface area contributed by atoms with Crippen LogP contribution in [0.15, 0.2) is 29.6 Å². The largest absolute Gasteiger partial charge is 0.487 e. The van der Waals surface area contributed by atoms with E-state index in [1.165, 1.54) is 0 Å². The van der Waals surface area contributed by atoms with E-state index in [1.54, 1.807) is 47.6 Å². The molecule has 0 spiro atoms. The van der Waals surface area contributed by atoms with Crippen molar-refractivity contribution in [3.05, 3.63) is 45.9 Å². The molecule has 8 heteroatoms. The maximum Gasteiger partial charge on any atom is 0.338 e. The SMILES string of the molecule is CCOC(=O)c1ccc(OCc2csc(C3CCN(OC(=O)C(C)(C)C)CC3)n2)cc1. The minimum atomic E-state index is -0.500. The number of nitrogens with zero attached hydrogens (tertiary/aromatic N) is 2. The first-order valence-corrected chi connectivity index (χ1v) is 11.5. The summed E-state index contributed by atoms with van der Waals surface area (Å²) >= 11 is 1.64. The van der Waals surface area contributed by atoms with Gasteiger partial charge < -0.3 is 14.3 Å². The summed E-state index contributed by atoms with van der Waals surface area (Å²) in [6.07, 6.45) is 1.81. The number of carbonyl (C=O) groups excluding carboxylic acids is 2. The van der Waals surface area contributed by atoms with Crippen molar-refractivity contribution in [3.63, 3.8) is 0 Å². The fraction of sp³-hybridized carbons (Fsp3) is 0.522. The zero-order valence-corrected chi connectivity index (χ0v) is 19.4. The molecule has 2 heterocycles. The Labute approximate surface area is 187 Å². The standard InChI is InChI=1S/C23H30N2O5S/c1-5-28-21(26)17-6-8-19(9-7-17)29-14-18-15-31-20(24-18)16-10-12-25(13-11-16)30-22(27)23(2,3)4/h6-9,15-16H,5,10-14H2,1-4H3. The number of hydroxylamine groups is 2. The van der Waals surface area contributed by atoms with Crippen LogP contribution in [-0.2, 0) is 21.0 Å². The van der Waals surface area contributed by atoms with Crippen molar-refractivity contribution in [3.8, 4) is 5.75 Å². The zero-order valence-electron chi connectivity index (χ0n) is 18.6. The summed E-state index contributed by atoms with van der Waals surface area (Å²) in [5.41, 5.74) is 0.890. The van der Waals surface area contributed by atoms with Crippen molar-refractivity contribution >= 4 is 23.3 Å². The molecule has 0 radical (unpaired) electrons. The van der Waals surface area contributed by atoms with Crippen LogP contribution in [0.25, 0.3) is 0 Å². The molecule has 0 bridgehead atoms. The molecule has 0 amide bonds. The van der Waals surface area contributed by atoms with Crippen LogP contribution in [0.3, 0.4) is 0 Å². The average molecular weight is 447 g/mol. The van der Waals surface area contributed by atoms with Gasteiger partial charge in [0.25, 0.3) is 0 Å². The summed E-state index contributed by atoms with van der Waals surface area (Å²) in [6, 6.07) is 6.91. The predicted octanol–water partition coefficient (Wildman–Crippen LogP) is 4.58. The first-order chi connectivity index (χ1) is 14.8. The highest BCUT2D eigenvalue weighted by Gasteiger charge is 2.29. The highest BCUT2D eigenvalue weighted by molar-refractivity contribution is 7.09. The first-order valence-electron chi connectivity index (χ1n) is 10.6. The van der Waals surface area contributed by atoms with Crippen LogP contribution in [0.4, 0.5) is 0 Å². The molecule has 1 saturated heterocycles. The van der Waals surface area contributed by atoms with Gasteiger partial charge >= 0.3 is 11.9 Å². The van der Waals surface area contributed by atoms with Crippen LogP contribution in [0, 0.1) is 5.41 Å². The van der Waals surface area contributed by atoms with Gasteiger partial charge in [0.05, 0.1) is 28.3 Å². The summed E-state index contributed by atoms with van der Waals surface area (Å²) in [7, 11) is 0. The van der Waals surface area contributed by atoms with E-state index in [9.17, 15) is 9.59 Å². The van der Waals surface area contributed by atoms with Crippen molar-refractivity contribution in [2.24, 2.45) is 5.41 Å². The van der Waals surface area contributed by atoms with Crippen molar-refractivity contribution < 1.29 is 23.9 Å². The average Bonchev–Trinajstić information content (AvgIpc) is 3.22. The second-order valence-electron chi connectivity index (χ2n) is 8.54. The number of piperidine rings is 1. The van der Waals surface area contributed by atoms with Gasteiger partial charge in [0, 0.05) is 24.4 Å². The second-order valence-corrected chi connectivity index (χ2v) is 9.43. The lowest BCUT2D eigenvalue weighted by Gasteiger charge is -2.31. The highest BCUT2D eigenvalue weighted by atomic mass is 32.1. The molecule has 1 fully saturated rings. The van der Waals surface area contributed by atoms with Crippen molar-refractivity contribution in [2.45, 2.75) is 53.1 Å². The summed E-state index contributed by atoms with van der Waals surface area (Å²) in [4.78, 5) is 34.0. The van der Waals surface area contributed by atoms with E-state index in [2.05, 4.69) is 0 Å². The maximum absolute atomic E-state index is 12.0. The Bertz CT molecular complexity index is 880. The molecule has 1 aromatic heterocycles. The molecule has 1 aromatic carbocycles. The van der Waals surface area contributed by atoms with Crippen LogP contribution in [-0.4, -0.2) is 41.7 Å². The third-order valence-electron chi connectivity index (χ3n) is 4.95. The van der Waals surface area contributed by atoms with Crippen LogP contribution in [0.1, 0.15) is 67.5 Å². The van der Waals surface area contributed by atoms with E-state index >= 15 is 0 Å². The highest BCUT2D eigenvalue weighted by Crippen LogP contribution is 2.31. The summed E-state index contributed by atoms with van der Waals surface area (Å²) < 4.78 is 10.8. The smallest absolute Gasteiger partial charge is 0.338 e. The molecule has 31 heavy (non-hydrogen) atoms. The van der Waals surface area contributed by atoms with Gasteiger partial charge in [-0.25, -0.2) is 14.6 Å². The van der Waals surface area contributed by atoms with Gasteiger partial charge in [-0.2, -0.15) is 0 Å². The summed E-state index contributed by atoms with van der Waals surface area (Å²) in [6.45, 7) is 9.50. The fourth-order valence-electron chi connectivity index (χ4n) is 3.08. The number of rotatable bonds is 7. The number of hydrogen-bond donors (Lipinski definition) is 0. The number of esters is 1. The lowest BCUT2D eigenvalue weighted by atomic mass is 9.97. The molecule has 0 aliphatic carbocycles. The fourth-order valence-corrected chi connectivity index (χ4v) is 4.06. The van der Waals surface area contributed by atoms with E-state index in [0.717, 1.165) is 23.5 Å². The van der Waals surface area contributed by atoms with E-state index in [1.807, 2.05) is 26.2 Å². The monoisotopic (exact) mass is 446 g/mol. The van der Waals surface area contributed by atoms with E-state index in [4.69, 9.17) is 19.3 Å². The Kier molecular flexibility index (Phi) is 7.67. The molecule has 1 aliphatic heterocycles. The molecule has 1 aliphatic rings. The summed E-state index contributed by atoms with van der Waals surface area (Å²) in [5, 5.41) is 4.88. The molecule has 0 N–H and O–H groups in total. The first kappa shape index (κ1) is 23.2. The Morgan fingerprint density at radius 2 is 1.84 bits per heavy atom. The number of carbonyl (C=O) groups is 2. The molecule has 0 saturated carbocycles. The second kappa shape index (κ2) is 10.2. The topological polar surface area (TPSA) is 78.0 Å². The third kappa shape index (κ3) is 6.51. The van der Waals surface area contributed by atoms with Crippen molar-refractivity contribution in [1.82, 2.24) is 10.0 Å². The third-order valence-corrected chi connectivity index (χ3v) is 6.01. The van der Waals surface area contributed by atoms with Gasteiger partial charge in [-0.15, -0.1) is 16.4 Å². The van der Waals surface area contributed by atoms with Crippen LogP contribution >= 0.6 is 11.3 Å². The molecule has 2 aromatic rings. The van der Waals surface area contributed by atoms with Crippen molar-refractivity contribution in [1.29, 1.82) is 0 Å². The Hall–Kier alpha value is -2.45. The van der Waals surface area contributed by atoms with Gasteiger partial charge in [0.2, 0.25) is 0 Å².